The molecular weight excluding hydrogens is 414 g/mol. The van der Waals surface area contributed by atoms with E-state index < -0.39 is 0 Å². The molecule has 2 heterocycles. The van der Waals surface area contributed by atoms with Crippen molar-refractivity contribution in [2.24, 2.45) is 4.99 Å². The van der Waals surface area contributed by atoms with Gasteiger partial charge >= 0.3 is 0 Å². The van der Waals surface area contributed by atoms with Gasteiger partial charge < -0.3 is 5.11 Å². The molecule has 2 atom stereocenters. The zero-order chi connectivity index (χ0) is 19.5. The Balaban J connectivity index is 1.74. The van der Waals surface area contributed by atoms with Crippen molar-refractivity contribution in [3.05, 3.63) is 93.7 Å². The third-order valence-corrected chi connectivity index (χ3v) is 5.60. The number of hydrogen-bond acceptors (Lipinski definition) is 4. The molecule has 2 N–H and O–H groups in total. The van der Waals surface area contributed by atoms with Crippen LogP contribution in [0.15, 0.2) is 76.5 Å². The Hall–Kier alpha value is -2.50. The standard InChI is InChI=1S/C23H22BrN3O/c1-2-15-5-7-16(8-6-15)20-13-21(19-12-18(24)9-10-22(19)28)27-23(26-20)17-4-3-11-25-14-17/h3-12,14,21,23,27-28H,2,13H2,1H3/t21-,23-/m0/s1. The minimum atomic E-state index is -0.216. The molecule has 0 fully saturated rings. The summed E-state index contributed by atoms with van der Waals surface area (Å²) < 4.78 is 0.941. The summed E-state index contributed by atoms with van der Waals surface area (Å²) in [5.74, 6) is 0.285. The minimum absolute atomic E-state index is 0.0546. The fourth-order valence-corrected chi connectivity index (χ4v) is 3.91. The number of phenols is 1. The summed E-state index contributed by atoms with van der Waals surface area (Å²) in [6, 6.07) is 18.0. The molecule has 0 unspecified atom stereocenters. The van der Waals surface area contributed by atoms with Crippen molar-refractivity contribution in [1.29, 1.82) is 0 Å². The molecule has 1 aromatic heterocycles. The highest BCUT2D eigenvalue weighted by molar-refractivity contribution is 9.10. The molecule has 0 amide bonds. The first kappa shape index (κ1) is 18.8. The van der Waals surface area contributed by atoms with Crippen LogP contribution in [0, 0.1) is 0 Å². The van der Waals surface area contributed by atoms with Crippen LogP contribution in [0.4, 0.5) is 0 Å². The molecule has 3 aromatic rings. The van der Waals surface area contributed by atoms with Crippen molar-refractivity contribution >= 4 is 21.6 Å². The molecule has 4 rings (SSSR count). The number of halogens is 1. The number of phenolic OH excluding ortho intramolecular Hbond substituents is 1. The highest BCUT2D eigenvalue weighted by Gasteiger charge is 2.27. The van der Waals surface area contributed by atoms with Crippen LogP contribution in [0.5, 0.6) is 5.75 Å². The lowest BCUT2D eigenvalue weighted by molar-refractivity contribution is 0.412. The number of nitrogens with one attached hydrogen (secondary N) is 1. The predicted molar refractivity (Wildman–Crippen MR) is 116 cm³/mol. The van der Waals surface area contributed by atoms with Crippen LogP contribution in [-0.4, -0.2) is 15.8 Å². The van der Waals surface area contributed by atoms with Crippen LogP contribution in [0.2, 0.25) is 0 Å². The van der Waals surface area contributed by atoms with Crippen molar-refractivity contribution < 1.29 is 5.11 Å². The quantitative estimate of drug-likeness (QED) is 0.581. The van der Waals surface area contributed by atoms with Crippen LogP contribution < -0.4 is 5.32 Å². The molecule has 0 saturated carbocycles. The van der Waals surface area contributed by atoms with E-state index in [1.165, 1.54) is 5.56 Å². The van der Waals surface area contributed by atoms with Gasteiger partial charge in [-0.05, 0) is 41.8 Å². The maximum absolute atomic E-state index is 10.5. The van der Waals surface area contributed by atoms with Crippen molar-refractivity contribution in [2.75, 3.05) is 0 Å². The highest BCUT2D eigenvalue weighted by Crippen LogP contribution is 2.35. The summed E-state index contributed by atoms with van der Waals surface area (Å²) in [5, 5.41) is 14.0. The van der Waals surface area contributed by atoms with Crippen molar-refractivity contribution in [1.82, 2.24) is 10.3 Å². The van der Waals surface area contributed by atoms with Crippen LogP contribution in [0.1, 0.15) is 47.8 Å². The fraction of sp³-hybridized carbons (Fsp3) is 0.217. The van der Waals surface area contributed by atoms with Gasteiger partial charge in [-0.2, -0.15) is 0 Å². The molecule has 1 aliphatic heterocycles. The van der Waals surface area contributed by atoms with Crippen LogP contribution in [-0.2, 0) is 6.42 Å². The third-order valence-electron chi connectivity index (χ3n) is 5.10. The molecule has 1 aliphatic rings. The molecule has 2 aromatic carbocycles. The normalized spacial score (nSPS) is 19.3. The van der Waals surface area contributed by atoms with E-state index in [9.17, 15) is 5.11 Å². The maximum atomic E-state index is 10.5. The van der Waals surface area contributed by atoms with E-state index in [-0.39, 0.29) is 18.0 Å². The second-order valence-corrected chi connectivity index (χ2v) is 7.86. The lowest BCUT2D eigenvalue weighted by Crippen LogP contribution is -2.33. The van der Waals surface area contributed by atoms with E-state index >= 15 is 0 Å². The maximum Gasteiger partial charge on any atom is 0.127 e. The number of rotatable bonds is 4. The lowest BCUT2D eigenvalue weighted by Gasteiger charge is -2.31. The Bertz CT molecular complexity index is 986. The largest absolute Gasteiger partial charge is 0.508 e. The first-order valence-electron chi connectivity index (χ1n) is 9.44. The van der Waals surface area contributed by atoms with E-state index in [0.717, 1.165) is 33.3 Å². The predicted octanol–water partition coefficient (Wildman–Crippen LogP) is 5.33. The summed E-state index contributed by atoms with van der Waals surface area (Å²) >= 11 is 3.52. The Morgan fingerprint density at radius 1 is 1.14 bits per heavy atom. The van der Waals surface area contributed by atoms with Gasteiger partial charge in [0.15, 0.2) is 0 Å². The second kappa shape index (κ2) is 8.25. The zero-order valence-corrected chi connectivity index (χ0v) is 17.2. The molecule has 4 nitrogen and oxygen atoms in total. The minimum Gasteiger partial charge on any atom is -0.508 e. The molecule has 5 heteroatoms. The van der Waals surface area contributed by atoms with E-state index in [1.54, 1.807) is 12.3 Å². The van der Waals surface area contributed by atoms with Crippen LogP contribution in [0.3, 0.4) is 0 Å². The topological polar surface area (TPSA) is 57.5 Å². The summed E-state index contributed by atoms with van der Waals surface area (Å²) in [5.41, 5.74) is 5.32. The van der Waals surface area contributed by atoms with Gasteiger partial charge in [0.1, 0.15) is 11.9 Å². The molecule has 0 aliphatic carbocycles. The number of hydrogen-bond donors (Lipinski definition) is 2. The van der Waals surface area contributed by atoms with Gasteiger partial charge in [-0.25, -0.2) is 0 Å². The number of aromatic nitrogens is 1. The number of aliphatic imine (C=N–C) groups is 1. The van der Waals surface area contributed by atoms with Gasteiger partial charge in [0, 0.05) is 46.2 Å². The average molecular weight is 436 g/mol. The van der Waals surface area contributed by atoms with E-state index in [1.807, 2.05) is 30.5 Å². The third kappa shape index (κ3) is 4.01. The molecular formula is C23H22BrN3O. The zero-order valence-electron chi connectivity index (χ0n) is 15.6. The lowest BCUT2D eigenvalue weighted by atomic mass is 9.93. The summed E-state index contributed by atoms with van der Waals surface area (Å²) in [6.45, 7) is 2.15. The Morgan fingerprint density at radius 2 is 1.96 bits per heavy atom. The van der Waals surface area contributed by atoms with Crippen molar-refractivity contribution in [3.63, 3.8) is 0 Å². The summed E-state index contributed by atoms with van der Waals surface area (Å²) in [7, 11) is 0. The van der Waals surface area contributed by atoms with Gasteiger partial charge in [-0.3, -0.25) is 15.3 Å². The molecule has 0 saturated heterocycles. The number of nitrogens with zero attached hydrogens (tertiary/aromatic N) is 2. The van der Waals surface area contributed by atoms with Crippen molar-refractivity contribution in [3.8, 4) is 5.75 Å². The Labute approximate surface area is 173 Å². The summed E-state index contributed by atoms with van der Waals surface area (Å²) in [6.07, 6.45) is 5.10. The average Bonchev–Trinajstić information content (AvgIpc) is 2.76. The highest BCUT2D eigenvalue weighted by atomic mass is 79.9. The molecule has 0 bridgehead atoms. The number of benzene rings is 2. The van der Waals surface area contributed by atoms with Gasteiger partial charge in [0.2, 0.25) is 0 Å². The molecule has 28 heavy (non-hydrogen) atoms. The van der Waals surface area contributed by atoms with E-state index in [4.69, 9.17) is 4.99 Å². The first-order valence-corrected chi connectivity index (χ1v) is 10.2. The number of pyridine rings is 1. The SMILES string of the molecule is CCc1ccc(C2=N[C@H](c3cccnc3)N[C@H](c3cc(Br)ccc3O)C2)cc1. The van der Waals surface area contributed by atoms with E-state index in [2.05, 4.69) is 57.4 Å². The Morgan fingerprint density at radius 3 is 2.68 bits per heavy atom. The second-order valence-electron chi connectivity index (χ2n) is 6.94. The van der Waals surface area contributed by atoms with Gasteiger partial charge in [0.05, 0.1) is 0 Å². The first-order chi connectivity index (χ1) is 13.6. The van der Waals surface area contributed by atoms with Crippen LogP contribution in [0.25, 0.3) is 0 Å². The van der Waals surface area contributed by atoms with Crippen molar-refractivity contribution in [2.45, 2.75) is 32.0 Å². The summed E-state index contributed by atoms with van der Waals surface area (Å²) in [4.78, 5) is 9.22. The molecule has 0 spiro atoms. The van der Waals surface area contributed by atoms with Gasteiger partial charge in [0.25, 0.3) is 0 Å². The fourth-order valence-electron chi connectivity index (χ4n) is 3.53. The number of aryl methyl sites for hydroxylation is 1. The molecule has 142 valence electrons. The van der Waals surface area contributed by atoms with Crippen LogP contribution >= 0.6 is 15.9 Å². The monoisotopic (exact) mass is 435 g/mol. The van der Waals surface area contributed by atoms with Gasteiger partial charge in [-0.1, -0.05) is 53.2 Å². The van der Waals surface area contributed by atoms with Gasteiger partial charge in [-0.15, -0.1) is 0 Å². The smallest absolute Gasteiger partial charge is 0.127 e. The molecule has 0 radical (unpaired) electrons. The van der Waals surface area contributed by atoms with E-state index in [0.29, 0.717) is 6.42 Å². The Kier molecular flexibility index (Phi) is 5.55. The number of aromatic hydroxyl groups is 1.